The second kappa shape index (κ2) is 10.8. The van der Waals surface area contributed by atoms with E-state index in [1.54, 1.807) is 19.0 Å². The van der Waals surface area contributed by atoms with E-state index in [-0.39, 0.29) is 42.5 Å². The number of rotatable bonds is 6. The monoisotopic (exact) mass is 424 g/mol. The van der Waals surface area contributed by atoms with Crippen molar-refractivity contribution in [2.24, 2.45) is 4.99 Å². The van der Waals surface area contributed by atoms with Gasteiger partial charge in [0.25, 0.3) is 0 Å². The van der Waals surface area contributed by atoms with Gasteiger partial charge in [-0.15, -0.1) is 24.0 Å². The Morgan fingerprint density at radius 1 is 1.41 bits per heavy atom. The Morgan fingerprint density at radius 3 is 2.59 bits per heavy atom. The number of aliphatic imine (C=N–C) groups is 1. The summed E-state index contributed by atoms with van der Waals surface area (Å²) in [6.07, 6.45) is 2.42. The smallest absolute Gasteiger partial charge is 0.243 e. The molecule has 0 aliphatic carbocycles. The molecule has 128 valence electrons. The van der Waals surface area contributed by atoms with Gasteiger partial charge >= 0.3 is 0 Å². The number of carbonyl (C=O) groups excluding carboxylic acids is 1. The molecule has 1 heterocycles. The number of hydrogen-bond acceptors (Lipinski definition) is 3. The average molecular weight is 424 g/mol. The van der Waals surface area contributed by atoms with Crippen LogP contribution in [0.2, 0.25) is 0 Å². The number of amides is 1. The zero-order valence-corrected chi connectivity index (χ0v) is 16.4. The summed E-state index contributed by atoms with van der Waals surface area (Å²) in [4.78, 5) is 19.6. The molecule has 1 aliphatic rings. The predicted octanol–water partition coefficient (Wildman–Crippen LogP) is 1.33. The Bertz CT molecular complexity index is 393. The van der Waals surface area contributed by atoms with Gasteiger partial charge in [-0.25, -0.2) is 4.99 Å². The SMILES string of the molecule is C=C(C)CN(C)C(=NCC(=O)N(C)C)NCC1CCCO1.I. The molecule has 1 aliphatic heterocycles. The quantitative estimate of drug-likeness (QED) is 0.303. The summed E-state index contributed by atoms with van der Waals surface area (Å²) in [6, 6.07) is 0. The molecular formula is C15H29IN4O2. The fourth-order valence-corrected chi connectivity index (χ4v) is 2.09. The lowest BCUT2D eigenvalue weighted by Gasteiger charge is -2.24. The first kappa shape index (κ1) is 21.2. The molecule has 1 fully saturated rings. The number of likely N-dealkylation sites (N-methyl/N-ethyl adjacent to an activating group) is 2. The summed E-state index contributed by atoms with van der Waals surface area (Å²) in [5.41, 5.74) is 1.04. The molecule has 6 nitrogen and oxygen atoms in total. The van der Waals surface area contributed by atoms with Crippen molar-refractivity contribution in [2.75, 3.05) is 47.4 Å². The van der Waals surface area contributed by atoms with E-state index in [4.69, 9.17) is 4.74 Å². The third-order valence-electron chi connectivity index (χ3n) is 3.24. The van der Waals surface area contributed by atoms with Crippen molar-refractivity contribution in [1.29, 1.82) is 0 Å². The van der Waals surface area contributed by atoms with E-state index in [2.05, 4.69) is 16.9 Å². The topological polar surface area (TPSA) is 57.2 Å². The van der Waals surface area contributed by atoms with E-state index in [0.29, 0.717) is 12.5 Å². The first-order valence-corrected chi connectivity index (χ1v) is 7.35. The molecule has 22 heavy (non-hydrogen) atoms. The minimum Gasteiger partial charge on any atom is -0.376 e. The first-order valence-electron chi connectivity index (χ1n) is 7.35. The number of carbonyl (C=O) groups is 1. The Kier molecular flexibility index (Phi) is 10.4. The first-order chi connectivity index (χ1) is 9.90. The van der Waals surface area contributed by atoms with Gasteiger partial charge in [0.15, 0.2) is 5.96 Å². The van der Waals surface area contributed by atoms with Crippen molar-refractivity contribution in [2.45, 2.75) is 25.9 Å². The number of halogens is 1. The molecular weight excluding hydrogens is 395 g/mol. The van der Waals surface area contributed by atoms with E-state index >= 15 is 0 Å². The van der Waals surface area contributed by atoms with Crippen LogP contribution in [0.4, 0.5) is 0 Å². The highest BCUT2D eigenvalue weighted by Crippen LogP contribution is 2.10. The van der Waals surface area contributed by atoms with Crippen molar-refractivity contribution in [3.63, 3.8) is 0 Å². The lowest BCUT2D eigenvalue weighted by atomic mass is 10.2. The minimum atomic E-state index is -0.0184. The Labute approximate surface area is 151 Å². The second-order valence-corrected chi connectivity index (χ2v) is 5.76. The average Bonchev–Trinajstić information content (AvgIpc) is 2.90. The summed E-state index contributed by atoms with van der Waals surface area (Å²) >= 11 is 0. The van der Waals surface area contributed by atoms with Crippen LogP contribution in [0.15, 0.2) is 17.1 Å². The fraction of sp³-hybridized carbons (Fsp3) is 0.733. The number of guanidine groups is 1. The Balaban J connectivity index is 0.00000441. The highest BCUT2D eigenvalue weighted by molar-refractivity contribution is 14.0. The molecule has 1 saturated heterocycles. The molecule has 0 aromatic rings. The van der Waals surface area contributed by atoms with Crippen LogP contribution in [0.1, 0.15) is 19.8 Å². The second-order valence-electron chi connectivity index (χ2n) is 5.76. The molecule has 1 N–H and O–H groups in total. The maximum Gasteiger partial charge on any atom is 0.243 e. The van der Waals surface area contributed by atoms with Crippen molar-refractivity contribution < 1.29 is 9.53 Å². The number of nitrogens with one attached hydrogen (secondary N) is 1. The number of hydrogen-bond donors (Lipinski definition) is 1. The zero-order chi connectivity index (χ0) is 15.8. The molecule has 0 bridgehead atoms. The van der Waals surface area contributed by atoms with Gasteiger partial charge in [-0.3, -0.25) is 4.79 Å². The normalized spacial score (nSPS) is 17.6. The maximum absolute atomic E-state index is 11.7. The van der Waals surface area contributed by atoms with Crippen LogP contribution >= 0.6 is 24.0 Å². The van der Waals surface area contributed by atoms with Gasteiger partial charge in [0.2, 0.25) is 5.91 Å². The molecule has 1 unspecified atom stereocenters. The minimum absolute atomic E-state index is 0. The van der Waals surface area contributed by atoms with Gasteiger partial charge in [0, 0.05) is 40.8 Å². The molecule has 0 spiro atoms. The van der Waals surface area contributed by atoms with Crippen LogP contribution in [0.5, 0.6) is 0 Å². The van der Waals surface area contributed by atoms with E-state index in [0.717, 1.165) is 31.6 Å². The summed E-state index contributed by atoms with van der Waals surface area (Å²) in [5.74, 6) is 0.693. The zero-order valence-electron chi connectivity index (χ0n) is 14.1. The van der Waals surface area contributed by atoms with Gasteiger partial charge < -0.3 is 19.9 Å². The molecule has 0 saturated carbocycles. The van der Waals surface area contributed by atoms with Gasteiger partial charge in [0.1, 0.15) is 6.54 Å². The lowest BCUT2D eigenvalue weighted by Crippen LogP contribution is -2.43. The third-order valence-corrected chi connectivity index (χ3v) is 3.24. The summed E-state index contributed by atoms with van der Waals surface area (Å²) in [7, 11) is 5.40. The highest BCUT2D eigenvalue weighted by Gasteiger charge is 2.17. The van der Waals surface area contributed by atoms with Gasteiger partial charge in [0.05, 0.1) is 6.10 Å². The van der Waals surface area contributed by atoms with Crippen molar-refractivity contribution >= 4 is 35.8 Å². The van der Waals surface area contributed by atoms with Crippen LogP contribution < -0.4 is 5.32 Å². The van der Waals surface area contributed by atoms with Crippen LogP contribution in [0.25, 0.3) is 0 Å². The van der Waals surface area contributed by atoms with Crippen LogP contribution in [0, 0.1) is 0 Å². The molecule has 1 rings (SSSR count). The van der Waals surface area contributed by atoms with Crippen LogP contribution in [0.3, 0.4) is 0 Å². The summed E-state index contributed by atoms with van der Waals surface area (Å²) in [6.45, 7) is 8.28. The van der Waals surface area contributed by atoms with Crippen LogP contribution in [-0.4, -0.2) is 75.2 Å². The summed E-state index contributed by atoms with van der Waals surface area (Å²) in [5, 5.41) is 3.30. The number of nitrogens with zero attached hydrogens (tertiary/aromatic N) is 3. The van der Waals surface area contributed by atoms with E-state index in [1.807, 2.05) is 18.9 Å². The van der Waals surface area contributed by atoms with E-state index in [9.17, 15) is 4.79 Å². The molecule has 1 atom stereocenters. The Hall–Kier alpha value is -0.830. The Morgan fingerprint density at radius 2 is 2.09 bits per heavy atom. The molecule has 0 radical (unpaired) electrons. The van der Waals surface area contributed by atoms with Crippen molar-refractivity contribution in [3.8, 4) is 0 Å². The van der Waals surface area contributed by atoms with Gasteiger partial charge in [-0.05, 0) is 19.8 Å². The van der Waals surface area contributed by atoms with Gasteiger partial charge in [-0.2, -0.15) is 0 Å². The van der Waals surface area contributed by atoms with E-state index < -0.39 is 0 Å². The van der Waals surface area contributed by atoms with Gasteiger partial charge in [-0.1, -0.05) is 12.2 Å². The van der Waals surface area contributed by atoms with E-state index in [1.165, 1.54) is 0 Å². The summed E-state index contributed by atoms with van der Waals surface area (Å²) < 4.78 is 5.60. The fourth-order valence-electron chi connectivity index (χ4n) is 2.09. The largest absolute Gasteiger partial charge is 0.376 e. The maximum atomic E-state index is 11.7. The van der Waals surface area contributed by atoms with Crippen molar-refractivity contribution in [3.05, 3.63) is 12.2 Å². The standard InChI is InChI=1S/C15H28N4O2.HI/c1-12(2)11-19(5)15(17-10-14(20)18(3)4)16-9-13-7-6-8-21-13;/h13H,1,6-11H2,2-5H3,(H,16,17);1H. The van der Waals surface area contributed by atoms with Crippen LogP contribution in [-0.2, 0) is 9.53 Å². The lowest BCUT2D eigenvalue weighted by molar-refractivity contribution is -0.127. The third kappa shape index (κ3) is 7.98. The molecule has 1 amide bonds. The van der Waals surface area contributed by atoms with Crippen molar-refractivity contribution in [1.82, 2.24) is 15.1 Å². The highest BCUT2D eigenvalue weighted by atomic mass is 127. The predicted molar refractivity (Wildman–Crippen MR) is 101 cm³/mol. The molecule has 7 heteroatoms. The molecule has 0 aromatic carbocycles. The molecule has 0 aromatic heterocycles. The number of ether oxygens (including phenoxy) is 1.